The molecule has 2 aromatic rings. The van der Waals surface area contributed by atoms with Crippen LogP contribution >= 0.6 is 15.9 Å². The molecule has 0 saturated carbocycles. The maximum Gasteiger partial charge on any atom is 0.128 e. The number of nitrogens with zero attached hydrogens (tertiary/aromatic N) is 1. The average molecular weight is 353 g/mol. The summed E-state index contributed by atoms with van der Waals surface area (Å²) >= 11 is 3.27. The second-order valence-corrected chi connectivity index (χ2v) is 6.43. The van der Waals surface area contributed by atoms with Crippen LogP contribution in [0.3, 0.4) is 0 Å². The van der Waals surface area contributed by atoms with Crippen molar-refractivity contribution in [2.45, 2.75) is 10.6 Å². The second kappa shape index (κ2) is 6.16. The summed E-state index contributed by atoms with van der Waals surface area (Å²) < 4.78 is 26.8. The SMILES string of the molecule is N#Cc1ccc(CS(=O)c2ccc(Br)cc2N)c(F)c1. The molecule has 0 aliphatic rings. The Kier molecular flexibility index (Phi) is 4.53. The van der Waals surface area contributed by atoms with E-state index in [0.717, 1.165) is 10.5 Å². The Morgan fingerprint density at radius 1 is 1.30 bits per heavy atom. The number of rotatable bonds is 3. The number of nitrogens with two attached hydrogens (primary N) is 1. The third kappa shape index (κ3) is 3.24. The highest BCUT2D eigenvalue weighted by Crippen LogP contribution is 2.24. The van der Waals surface area contributed by atoms with E-state index in [0.29, 0.717) is 16.1 Å². The van der Waals surface area contributed by atoms with Crippen molar-refractivity contribution in [3.63, 3.8) is 0 Å². The quantitative estimate of drug-likeness (QED) is 0.861. The molecule has 0 amide bonds. The van der Waals surface area contributed by atoms with Gasteiger partial charge in [-0.25, -0.2) is 4.39 Å². The van der Waals surface area contributed by atoms with Crippen molar-refractivity contribution in [1.29, 1.82) is 5.26 Å². The minimum Gasteiger partial charge on any atom is -0.398 e. The van der Waals surface area contributed by atoms with E-state index < -0.39 is 16.6 Å². The van der Waals surface area contributed by atoms with Gasteiger partial charge in [0.15, 0.2) is 0 Å². The van der Waals surface area contributed by atoms with Crippen LogP contribution in [0.1, 0.15) is 11.1 Å². The zero-order chi connectivity index (χ0) is 14.7. The maximum atomic E-state index is 13.8. The maximum absolute atomic E-state index is 13.8. The molecule has 0 heterocycles. The zero-order valence-corrected chi connectivity index (χ0v) is 12.7. The molecular formula is C14H10BrFN2OS. The van der Waals surface area contributed by atoms with E-state index in [1.54, 1.807) is 18.2 Å². The zero-order valence-electron chi connectivity index (χ0n) is 10.3. The van der Waals surface area contributed by atoms with Crippen molar-refractivity contribution in [3.8, 4) is 6.07 Å². The number of hydrogen-bond acceptors (Lipinski definition) is 3. The lowest BCUT2D eigenvalue weighted by molar-refractivity contribution is 0.614. The van der Waals surface area contributed by atoms with Gasteiger partial charge in [-0.05, 0) is 30.3 Å². The molecule has 6 heteroatoms. The third-order valence-corrected chi connectivity index (χ3v) is 4.61. The predicted octanol–water partition coefficient (Wildman–Crippen LogP) is 3.35. The molecule has 3 nitrogen and oxygen atoms in total. The van der Waals surface area contributed by atoms with Crippen LogP contribution in [-0.2, 0) is 16.6 Å². The molecule has 0 fully saturated rings. The van der Waals surface area contributed by atoms with Crippen LogP contribution in [0.15, 0.2) is 45.8 Å². The summed E-state index contributed by atoms with van der Waals surface area (Å²) in [5, 5.41) is 8.68. The summed E-state index contributed by atoms with van der Waals surface area (Å²) in [6.07, 6.45) is 0. The largest absolute Gasteiger partial charge is 0.398 e. The van der Waals surface area contributed by atoms with Crippen LogP contribution in [0.2, 0.25) is 0 Å². The molecule has 2 rings (SSSR count). The first-order valence-electron chi connectivity index (χ1n) is 5.63. The van der Waals surface area contributed by atoms with E-state index in [2.05, 4.69) is 15.9 Å². The summed E-state index contributed by atoms with van der Waals surface area (Å²) in [4.78, 5) is 0.469. The molecule has 0 aliphatic carbocycles. The van der Waals surface area contributed by atoms with E-state index in [4.69, 9.17) is 11.0 Å². The number of anilines is 1. The molecule has 0 aromatic heterocycles. The van der Waals surface area contributed by atoms with Crippen molar-refractivity contribution in [1.82, 2.24) is 0 Å². The van der Waals surface area contributed by atoms with E-state index in [9.17, 15) is 8.60 Å². The fraction of sp³-hybridized carbons (Fsp3) is 0.0714. The fourth-order valence-electron chi connectivity index (χ4n) is 1.68. The van der Waals surface area contributed by atoms with Crippen molar-refractivity contribution in [2.24, 2.45) is 0 Å². The molecule has 0 radical (unpaired) electrons. The molecule has 20 heavy (non-hydrogen) atoms. The monoisotopic (exact) mass is 352 g/mol. The Morgan fingerprint density at radius 3 is 2.65 bits per heavy atom. The van der Waals surface area contributed by atoms with Crippen molar-refractivity contribution in [2.75, 3.05) is 5.73 Å². The van der Waals surface area contributed by atoms with Gasteiger partial charge in [0.1, 0.15) is 5.82 Å². The lowest BCUT2D eigenvalue weighted by atomic mass is 10.1. The summed E-state index contributed by atoms with van der Waals surface area (Å²) in [6.45, 7) is 0. The lowest BCUT2D eigenvalue weighted by Crippen LogP contribution is -2.02. The molecule has 0 aliphatic heterocycles. The Labute approximate surface area is 126 Å². The third-order valence-electron chi connectivity index (χ3n) is 2.69. The van der Waals surface area contributed by atoms with Crippen molar-refractivity contribution >= 4 is 32.4 Å². The summed E-state index contributed by atoms with van der Waals surface area (Å²) in [5.41, 5.74) is 6.73. The molecule has 0 saturated heterocycles. The highest BCUT2D eigenvalue weighted by atomic mass is 79.9. The van der Waals surface area contributed by atoms with Gasteiger partial charge in [0.2, 0.25) is 0 Å². The average Bonchev–Trinajstić information content (AvgIpc) is 2.40. The lowest BCUT2D eigenvalue weighted by Gasteiger charge is -2.07. The van der Waals surface area contributed by atoms with E-state index in [1.807, 2.05) is 6.07 Å². The standard InChI is InChI=1S/C14H10BrFN2OS/c15-11-3-4-14(13(18)6-11)20(19)8-10-2-1-9(7-17)5-12(10)16/h1-6H,8,18H2. The van der Waals surface area contributed by atoms with Crippen LogP contribution in [0.5, 0.6) is 0 Å². The van der Waals surface area contributed by atoms with Crippen molar-refractivity contribution in [3.05, 3.63) is 57.8 Å². The number of hydrogen-bond donors (Lipinski definition) is 1. The molecule has 1 atom stereocenters. The molecule has 0 bridgehead atoms. The minimum absolute atomic E-state index is 0.0172. The van der Waals surface area contributed by atoms with Crippen molar-refractivity contribution < 1.29 is 8.60 Å². The summed E-state index contributed by atoms with van der Waals surface area (Å²) in [7, 11) is -1.44. The first-order chi connectivity index (χ1) is 9.51. The van der Waals surface area contributed by atoms with Gasteiger partial charge < -0.3 is 5.73 Å². The molecule has 2 N–H and O–H groups in total. The topological polar surface area (TPSA) is 66.9 Å². The van der Waals surface area contributed by atoms with Gasteiger partial charge in [-0.3, -0.25) is 4.21 Å². The van der Waals surface area contributed by atoms with Gasteiger partial charge in [0, 0.05) is 15.7 Å². The highest BCUT2D eigenvalue weighted by Gasteiger charge is 2.12. The second-order valence-electron chi connectivity index (χ2n) is 4.09. The Bertz CT molecular complexity index is 728. The Hall–Kier alpha value is -1.71. The van der Waals surface area contributed by atoms with Crippen LogP contribution < -0.4 is 5.73 Å². The minimum atomic E-state index is -1.44. The Morgan fingerprint density at radius 2 is 2.05 bits per heavy atom. The first kappa shape index (κ1) is 14.7. The molecule has 0 spiro atoms. The first-order valence-corrected chi connectivity index (χ1v) is 7.74. The molecule has 102 valence electrons. The van der Waals surface area contributed by atoms with Crippen LogP contribution in [0.4, 0.5) is 10.1 Å². The van der Waals surface area contributed by atoms with Gasteiger partial charge in [-0.1, -0.05) is 22.0 Å². The normalized spacial score (nSPS) is 11.8. The van der Waals surface area contributed by atoms with Crippen LogP contribution in [0, 0.1) is 17.1 Å². The van der Waals surface area contributed by atoms with Gasteiger partial charge in [0.05, 0.1) is 33.1 Å². The van der Waals surface area contributed by atoms with Crippen LogP contribution in [-0.4, -0.2) is 4.21 Å². The van der Waals surface area contributed by atoms with Crippen LogP contribution in [0.25, 0.3) is 0 Å². The number of benzene rings is 2. The molecule has 1 unspecified atom stereocenters. The fourth-order valence-corrected chi connectivity index (χ4v) is 3.27. The number of nitrogen functional groups attached to an aromatic ring is 1. The predicted molar refractivity (Wildman–Crippen MR) is 79.8 cm³/mol. The van der Waals surface area contributed by atoms with E-state index in [-0.39, 0.29) is 11.3 Å². The molecular weight excluding hydrogens is 343 g/mol. The summed E-state index contributed by atoms with van der Waals surface area (Å²) in [6, 6.07) is 11.0. The van der Waals surface area contributed by atoms with Gasteiger partial charge >= 0.3 is 0 Å². The van der Waals surface area contributed by atoms with Gasteiger partial charge in [-0.2, -0.15) is 5.26 Å². The number of halogens is 2. The Balaban J connectivity index is 2.26. The van der Waals surface area contributed by atoms with Gasteiger partial charge in [0.25, 0.3) is 0 Å². The summed E-state index contributed by atoms with van der Waals surface area (Å²) in [5.74, 6) is -0.517. The smallest absolute Gasteiger partial charge is 0.128 e. The van der Waals surface area contributed by atoms with Gasteiger partial charge in [-0.15, -0.1) is 0 Å². The van der Waals surface area contributed by atoms with E-state index in [1.165, 1.54) is 12.1 Å². The highest BCUT2D eigenvalue weighted by molar-refractivity contribution is 9.10. The number of nitriles is 1. The van der Waals surface area contributed by atoms with E-state index >= 15 is 0 Å². The molecule has 2 aromatic carbocycles.